The maximum absolute atomic E-state index is 13.5. The second kappa shape index (κ2) is 9.30. The van der Waals surface area contributed by atoms with Crippen molar-refractivity contribution in [3.63, 3.8) is 0 Å². The van der Waals surface area contributed by atoms with E-state index >= 15 is 0 Å². The number of para-hydroxylation sites is 1. The van der Waals surface area contributed by atoms with Gasteiger partial charge in [-0.25, -0.2) is 4.79 Å². The molecule has 1 heterocycles. The van der Waals surface area contributed by atoms with Crippen LogP contribution in [0.4, 0.5) is 13.2 Å². The molecule has 4 rings (SSSR count). The molecule has 0 amide bonds. The third-order valence-electron chi connectivity index (χ3n) is 5.59. The standard InChI is InChI=1S/C26H23F3N2O3S/c1-15-12-19(10-11-21(15)34-25(2,3)24(32)33)35-23(16-6-4-8-18(13-16)26(27,28)29)20-9-5-7-17-14-30-31-22(17)20/h4-14,23H,1-3H3,(H,30,31)(H,32,33). The molecule has 0 radical (unpaired) electrons. The van der Waals surface area contributed by atoms with E-state index in [0.717, 1.165) is 27.4 Å². The van der Waals surface area contributed by atoms with Crippen molar-refractivity contribution in [2.75, 3.05) is 0 Å². The molecule has 3 aromatic carbocycles. The van der Waals surface area contributed by atoms with Crippen LogP contribution in [0.5, 0.6) is 5.75 Å². The molecule has 1 unspecified atom stereocenters. The lowest BCUT2D eigenvalue weighted by Gasteiger charge is -2.24. The van der Waals surface area contributed by atoms with E-state index in [1.54, 1.807) is 31.3 Å². The van der Waals surface area contributed by atoms with Crippen LogP contribution in [0, 0.1) is 6.92 Å². The number of benzene rings is 3. The van der Waals surface area contributed by atoms with Crippen LogP contribution in [0.15, 0.2) is 71.8 Å². The van der Waals surface area contributed by atoms with Crippen molar-refractivity contribution in [2.45, 2.75) is 42.7 Å². The summed E-state index contributed by atoms with van der Waals surface area (Å²) in [6.45, 7) is 4.73. The Labute approximate surface area is 204 Å². The maximum Gasteiger partial charge on any atom is 0.416 e. The van der Waals surface area contributed by atoms with Crippen molar-refractivity contribution in [1.29, 1.82) is 0 Å². The summed E-state index contributed by atoms with van der Waals surface area (Å²) >= 11 is 1.39. The molecule has 9 heteroatoms. The third kappa shape index (κ3) is 5.30. The van der Waals surface area contributed by atoms with Crippen molar-refractivity contribution in [3.05, 3.63) is 89.1 Å². The highest BCUT2D eigenvalue weighted by Crippen LogP contribution is 2.44. The van der Waals surface area contributed by atoms with E-state index in [1.807, 2.05) is 24.3 Å². The van der Waals surface area contributed by atoms with E-state index in [4.69, 9.17) is 4.74 Å². The van der Waals surface area contributed by atoms with Crippen molar-refractivity contribution in [3.8, 4) is 5.75 Å². The van der Waals surface area contributed by atoms with E-state index < -0.39 is 28.6 Å². The van der Waals surface area contributed by atoms with Gasteiger partial charge < -0.3 is 9.84 Å². The molecule has 0 bridgehead atoms. The number of hydrogen-bond acceptors (Lipinski definition) is 4. The average Bonchev–Trinajstić information content (AvgIpc) is 3.28. The number of H-pyrrole nitrogens is 1. The molecule has 1 aromatic heterocycles. The first-order chi connectivity index (χ1) is 16.5. The van der Waals surface area contributed by atoms with Gasteiger partial charge in [-0.05, 0) is 61.7 Å². The minimum Gasteiger partial charge on any atom is -0.478 e. The second-order valence-electron chi connectivity index (χ2n) is 8.65. The Kier molecular flexibility index (Phi) is 6.55. The first-order valence-corrected chi connectivity index (χ1v) is 11.6. The number of aliphatic carboxylic acids is 1. The van der Waals surface area contributed by atoms with Crippen LogP contribution in [0.1, 0.15) is 41.4 Å². The molecule has 5 nitrogen and oxygen atoms in total. The summed E-state index contributed by atoms with van der Waals surface area (Å²) in [4.78, 5) is 12.2. The zero-order valence-electron chi connectivity index (χ0n) is 19.2. The molecular formula is C26H23F3N2O3S. The zero-order valence-corrected chi connectivity index (χ0v) is 20.0. The summed E-state index contributed by atoms with van der Waals surface area (Å²) < 4.78 is 46.1. The van der Waals surface area contributed by atoms with Gasteiger partial charge in [0.2, 0.25) is 0 Å². The van der Waals surface area contributed by atoms with Gasteiger partial charge in [-0.2, -0.15) is 18.3 Å². The number of aromatic amines is 1. The first kappa shape index (κ1) is 24.7. The summed E-state index contributed by atoms with van der Waals surface area (Å²) in [5.41, 5.74) is 0.643. The number of thioether (sulfide) groups is 1. The minimum atomic E-state index is -4.46. The number of hydrogen-bond donors (Lipinski definition) is 2. The molecule has 2 N–H and O–H groups in total. The highest BCUT2D eigenvalue weighted by atomic mass is 32.2. The van der Waals surface area contributed by atoms with Crippen LogP contribution in [0.3, 0.4) is 0 Å². The van der Waals surface area contributed by atoms with Crippen LogP contribution >= 0.6 is 11.8 Å². The highest BCUT2D eigenvalue weighted by Gasteiger charge is 2.32. The molecule has 0 aliphatic carbocycles. The Morgan fingerprint density at radius 3 is 2.51 bits per heavy atom. The summed E-state index contributed by atoms with van der Waals surface area (Å²) in [6.07, 6.45) is -2.79. The molecule has 0 fully saturated rings. The normalized spacial score (nSPS) is 13.1. The van der Waals surface area contributed by atoms with Crippen LogP contribution in [0.25, 0.3) is 10.9 Å². The molecular weight excluding hydrogens is 477 g/mol. The fraction of sp³-hybridized carbons (Fsp3) is 0.231. The molecule has 0 saturated heterocycles. The number of fused-ring (bicyclic) bond motifs is 1. The van der Waals surface area contributed by atoms with Gasteiger partial charge in [-0.15, -0.1) is 11.8 Å². The maximum atomic E-state index is 13.5. The van der Waals surface area contributed by atoms with Gasteiger partial charge >= 0.3 is 12.1 Å². The number of aromatic nitrogens is 2. The quantitative estimate of drug-likeness (QED) is 0.267. The molecule has 182 valence electrons. The highest BCUT2D eigenvalue weighted by molar-refractivity contribution is 7.99. The monoisotopic (exact) mass is 500 g/mol. The van der Waals surface area contributed by atoms with Gasteiger partial charge in [0.1, 0.15) is 5.75 Å². The van der Waals surface area contributed by atoms with Crippen molar-refractivity contribution >= 4 is 28.6 Å². The molecule has 4 aromatic rings. The summed E-state index contributed by atoms with van der Waals surface area (Å²) in [6, 6.07) is 16.2. The van der Waals surface area contributed by atoms with Crippen LogP contribution in [-0.2, 0) is 11.0 Å². The van der Waals surface area contributed by atoms with Gasteiger partial charge in [-0.1, -0.05) is 36.4 Å². The van der Waals surface area contributed by atoms with E-state index in [0.29, 0.717) is 16.9 Å². The number of ether oxygens (including phenoxy) is 1. The molecule has 35 heavy (non-hydrogen) atoms. The number of halogens is 3. The Morgan fingerprint density at radius 1 is 1.09 bits per heavy atom. The van der Waals surface area contributed by atoms with Crippen LogP contribution in [0.2, 0.25) is 0 Å². The summed E-state index contributed by atoms with van der Waals surface area (Å²) in [5.74, 6) is -0.666. The van der Waals surface area contributed by atoms with Gasteiger partial charge in [0.05, 0.1) is 22.5 Å². The predicted octanol–water partition coefficient (Wildman–Crippen LogP) is 7.01. The predicted molar refractivity (Wildman–Crippen MR) is 129 cm³/mol. The number of nitrogens with zero attached hydrogens (tertiary/aromatic N) is 1. The van der Waals surface area contributed by atoms with Gasteiger partial charge in [-0.3, -0.25) is 5.10 Å². The third-order valence-corrected chi connectivity index (χ3v) is 6.88. The van der Waals surface area contributed by atoms with Crippen molar-refractivity contribution < 1.29 is 27.8 Å². The summed E-state index contributed by atoms with van der Waals surface area (Å²) in [7, 11) is 0. The SMILES string of the molecule is Cc1cc(SC(c2cccc(C(F)(F)F)c2)c2cccc3cn[nH]c23)ccc1OC(C)(C)C(=O)O. The number of carboxylic acid groups (broad SMARTS) is 1. The number of rotatable bonds is 7. The smallest absolute Gasteiger partial charge is 0.416 e. The first-order valence-electron chi connectivity index (χ1n) is 10.7. The zero-order chi connectivity index (χ0) is 25.4. The van der Waals surface area contributed by atoms with Gasteiger partial charge in [0.15, 0.2) is 5.60 Å². The number of carboxylic acids is 1. The summed E-state index contributed by atoms with van der Waals surface area (Å²) in [5, 5.41) is 16.8. The largest absolute Gasteiger partial charge is 0.478 e. The van der Waals surface area contributed by atoms with E-state index in [-0.39, 0.29) is 0 Å². The molecule has 0 aliphatic heterocycles. The van der Waals surface area contributed by atoms with Gasteiger partial charge in [0.25, 0.3) is 0 Å². The van der Waals surface area contributed by atoms with Crippen molar-refractivity contribution in [2.24, 2.45) is 0 Å². The fourth-order valence-corrected chi connectivity index (χ4v) is 4.93. The Hall–Kier alpha value is -3.46. The lowest BCUT2D eigenvalue weighted by molar-refractivity contribution is -0.152. The Morgan fingerprint density at radius 2 is 1.83 bits per heavy atom. The van der Waals surface area contributed by atoms with Crippen LogP contribution in [-0.4, -0.2) is 26.9 Å². The van der Waals surface area contributed by atoms with E-state index in [2.05, 4.69) is 10.2 Å². The molecule has 0 saturated carbocycles. The lowest BCUT2D eigenvalue weighted by atomic mass is 10.0. The fourth-order valence-electron chi connectivity index (χ4n) is 3.66. The number of nitrogens with one attached hydrogen (secondary N) is 1. The van der Waals surface area contributed by atoms with E-state index in [1.165, 1.54) is 37.7 Å². The average molecular weight is 501 g/mol. The minimum absolute atomic E-state index is 0.424. The molecule has 0 spiro atoms. The van der Waals surface area contributed by atoms with Crippen molar-refractivity contribution in [1.82, 2.24) is 10.2 Å². The molecule has 1 atom stereocenters. The second-order valence-corrected chi connectivity index (χ2v) is 9.83. The Bertz CT molecular complexity index is 1380. The van der Waals surface area contributed by atoms with Crippen LogP contribution < -0.4 is 4.74 Å². The number of aryl methyl sites for hydroxylation is 1. The number of carbonyl (C=O) groups is 1. The topological polar surface area (TPSA) is 75.2 Å². The number of alkyl halides is 3. The lowest BCUT2D eigenvalue weighted by Crippen LogP contribution is -2.38. The molecule has 0 aliphatic rings. The van der Waals surface area contributed by atoms with E-state index in [9.17, 15) is 23.1 Å². The Balaban J connectivity index is 1.75. The van der Waals surface area contributed by atoms with Gasteiger partial charge in [0, 0.05) is 10.3 Å².